The number of nitrogens with one attached hydrogen (secondary N) is 1. The fraction of sp³-hybridized carbons (Fsp3) is 0.846. The molecule has 0 spiro atoms. The van der Waals surface area contributed by atoms with E-state index in [1.54, 1.807) is 0 Å². The second-order valence-electron chi connectivity index (χ2n) is 5.18. The first-order valence-electron chi connectivity index (χ1n) is 6.77. The molecule has 0 radical (unpaired) electrons. The molecule has 4 nitrogen and oxygen atoms in total. The average Bonchev–Trinajstić information content (AvgIpc) is 2.35. The van der Waals surface area contributed by atoms with Crippen LogP contribution in [0.2, 0.25) is 0 Å². The fourth-order valence-electron chi connectivity index (χ4n) is 2.98. The average molecular weight is 238 g/mol. The van der Waals surface area contributed by atoms with Crippen molar-refractivity contribution in [1.82, 2.24) is 10.2 Å². The highest BCUT2D eigenvalue weighted by Crippen LogP contribution is 2.26. The maximum absolute atomic E-state index is 12.3. The van der Waals surface area contributed by atoms with Crippen LogP contribution in [0.15, 0.2) is 0 Å². The van der Waals surface area contributed by atoms with Crippen LogP contribution in [0.25, 0.3) is 0 Å². The topological polar surface area (TPSA) is 49.4 Å². The van der Waals surface area contributed by atoms with E-state index in [-0.39, 0.29) is 29.9 Å². The van der Waals surface area contributed by atoms with E-state index < -0.39 is 0 Å². The zero-order valence-electron chi connectivity index (χ0n) is 10.7. The van der Waals surface area contributed by atoms with Crippen LogP contribution in [0.1, 0.15) is 52.4 Å². The molecule has 0 aromatic heterocycles. The molecule has 1 aliphatic heterocycles. The van der Waals surface area contributed by atoms with Crippen molar-refractivity contribution in [2.75, 3.05) is 0 Å². The Balaban J connectivity index is 2.15. The Kier molecular flexibility index (Phi) is 3.69. The number of carbonyl (C=O) groups excluding carboxylic acids is 2. The molecule has 2 unspecified atom stereocenters. The van der Waals surface area contributed by atoms with Gasteiger partial charge in [0.25, 0.3) is 0 Å². The van der Waals surface area contributed by atoms with Crippen LogP contribution in [0.3, 0.4) is 0 Å². The summed E-state index contributed by atoms with van der Waals surface area (Å²) in [7, 11) is 0. The Morgan fingerprint density at radius 2 is 1.88 bits per heavy atom. The van der Waals surface area contributed by atoms with Crippen LogP contribution in [0.5, 0.6) is 0 Å². The van der Waals surface area contributed by atoms with Crippen molar-refractivity contribution >= 4 is 11.8 Å². The van der Waals surface area contributed by atoms with Gasteiger partial charge < -0.3 is 10.2 Å². The van der Waals surface area contributed by atoms with Crippen molar-refractivity contribution < 1.29 is 9.59 Å². The van der Waals surface area contributed by atoms with Crippen LogP contribution in [0, 0.1) is 0 Å². The number of nitrogens with zero attached hydrogens (tertiary/aromatic N) is 1. The summed E-state index contributed by atoms with van der Waals surface area (Å²) >= 11 is 0. The summed E-state index contributed by atoms with van der Waals surface area (Å²) in [4.78, 5) is 26.0. The van der Waals surface area contributed by atoms with Gasteiger partial charge in [0, 0.05) is 6.04 Å². The van der Waals surface area contributed by atoms with Gasteiger partial charge >= 0.3 is 0 Å². The molecular weight excluding hydrogens is 216 g/mol. The summed E-state index contributed by atoms with van der Waals surface area (Å²) in [6, 6.07) is -0.319. The van der Waals surface area contributed by atoms with Crippen molar-refractivity contribution in [3.05, 3.63) is 0 Å². The number of amides is 2. The summed E-state index contributed by atoms with van der Waals surface area (Å²) < 4.78 is 0. The van der Waals surface area contributed by atoms with Gasteiger partial charge in [-0.25, -0.2) is 0 Å². The minimum Gasteiger partial charge on any atom is -0.343 e. The van der Waals surface area contributed by atoms with Crippen LogP contribution in [-0.2, 0) is 9.59 Å². The molecule has 1 N–H and O–H groups in total. The molecule has 0 aromatic rings. The lowest BCUT2D eigenvalue weighted by Gasteiger charge is -2.43. The molecule has 1 aliphatic carbocycles. The molecule has 17 heavy (non-hydrogen) atoms. The van der Waals surface area contributed by atoms with Crippen molar-refractivity contribution in [3.8, 4) is 0 Å². The van der Waals surface area contributed by atoms with Gasteiger partial charge in [-0.2, -0.15) is 0 Å². The molecule has 1 saturated heterocycles. The van der Waals surface area contributed by atoms with E-state index in [0.717, 1.165) is 12.8 Å². The molecule has 4 heteroatoms. The minimum absolute atomic E-state index is 0.00187. The highest BCUT2D eigenvalue weighted by atomic mass is 16.2. The molecule has 0 aromatic carbocycles. The standard InChI is InChI=1S/C13H22N2O2/c1-3-11-13(17)15(9(2)12(16)14-11)10-7-5-4-6-8-10/h9-11H,3-8H2,1-2H3,(H,14,16). The first-order valence-corrected chi connectivity index (χ1v) is 6.77. The lowest BCUT2D eigenvalue weighted by atomic mass is 9.91. The summed E-state index contributed by atoms with van der Waals surface area (Å²) in [6.45, 7) is 3.78. The number of hydrogen-bond donors (Lipinski definition) is 1. The molecule has 1 heterocycles. The van der Waals surface area contributed by atoms with Crippen LogP contribution in [-0.4, -0.2) is 34.8 Å². The van der Waals surface area contributed by atoms with Gasteiger partial charge in [-0.3, -0.25) is 9.59 Å². The van der Waals surface area contributed by atoms with E-state index >= 15 is 0 Å². The summed E-state index contributed by atoms with van der Waals surface area (Å²) in [5.74, 6) is 0.119. The Bertz CT molecular complexity index is 311. The second-order valence-corrected chi connectivity index (χ2v) is 5.18. The first-order chi connectivity index (χ1) is 8.15. The van der Waals surface area contributed by atoms with Crippen molar-refractivity contribution in [2.24, 2.45) is 0 Å². The molecule has 1 saturated carbocycles. The smallest absolute Gasteiger partial charge is 0.246 e. The SMILES string of the molecule is CCC1NC(=O)C(C)N(C2CCCCC2)C1=O. The molecule has 96 valence electrons. The fourth-order valence-corrected chi connectivity index (χ4v) is 2.98. The largest absolute Gasteiger partial charge is 0.343 e. The van der Waals surface area contributed by atoms with Gasteiger partial charge in [0.1, 0.15) is 12.1 Å². The number of carbonyl (C=O) groups is 2. The van der Waals surface area contributed by atoms with E-state index in [2.05, 4.69) is 5.32 Å². The number of piperazine rings is 1. The van der Waals surface area contributed by atoms with Gasteiger partial charge in [-0.05, 0) is 26.2 Å². The van der Waals surface area contributed by atoms with Crippen molar-refractivity contribution in [3.63, 3.8) is 0 Å². The maximum atomic E-state index is 12.3. The lowest BCUT2D eigenvalue weighted by molar-refractivity contribution is -0.152. The highest BCUT2D eigenvalue weighted by molar-refractivity contribution is 5.96. The molecule has 2 atom stereocenters. The Hall–Kier alpha value is -1.06. The van der Waals surface area contributed by atoms with Crippen molar-refractivity contribution in [2.45, 2.75) is 70.5 Å². The van der Waals surface area contributed by atoms with Gasteiger partial charge in [0.05, 0.1) is 0 Å². The van der Waals surface area contributed by atoms with E-state index in [9.17, 15) is 9.59 Å². The quantitative estimate of drug-likeness (QED) is 0.791. The summed E-state index contributed by atoms with van der Waals surface area (Å²) in [6.07, 6.45) is 6.41. The maximum Gasteiger partial charge on any atom is 0.246 e. The minimum atomic E-state index is -0.305. The molecule has 2 amide bonds. The van der Waals surface area contributed by atoms with Gasteiger partial charge in [-0.1, -0.05) is 26.2 Å². The van der Waals surface area contributed by atoms with E-state index in [4.69, 9.17) is 0 Å². The van der Waals surface area contributed by atoms with E-state index in [0.29, 0.717) is 6.42 Å². The monoisotopic (exact) mass is 238 g/mol. The molecule has 2 rings (SSSR count). The van der Waals surface area contributed by atoms with E-state index in [1.807, 2.05) is 18.7 Å². The Labute approximate surface area is 103 Å². The zero-order chi connectivity index (χ0) is 12.4. The molecule has 0 bridgehead atoms. The van der Waals surface area contributed by atoms with Crippen LogP contribution < -0.4 is 5.32 Å². The Morgan fingerprint density at radius 1 is 1.24 bits per heavy atom. The third-order valence-electron chi connectivity index (χ3n) is 4.04. The molecule has 2 aliphatic rings. The first kappa shape index (κ1) is 12.4. The second kappa shape index (κ2) is 5.07. The van der Waals surface area contributed by atoms with Crippen LogP contribution in [0.4, 0.5) is 0 Å². The normalized spacial score (nSPS) is 31.5. The van der Waals surface area contributed by atoms with Crippen molar-refractivity contribution in [1.29, 1.82) is 0 Å². The molecule has 2 fully saturated rings. The number of hydrogen-bond acceptors (Lipinski definition) is 2. The third-order valence-corrected chi connectivity index (χ3v) is 4.04. The summed E-state index contributed by atoms with van der Waals surface area (Å²) in [5, 5.41) is 2.80. The van der Waals surface area contributed by atoms with Gasteiger partial charge in [0.2, 0.25) is 11.8 Å². The highest BCUT2D eigenvalue weighted by Gasteiger charge is 2.40. The molecular formula is C13H22N2O2. The lowest BCUT2D eigenvalue weighted by Crippen LogP contribution is -2.64. The third kappa shape index (κ3) is 2.31. The van der Waals surface area contributed by atoms with Crippen LogP contribution >= 0.6 is 0 Å². The van der Waals surface area contributed by atoms with Gasteiger partial charge in [0.15, 0.2) is 0 Å². The summed E-state index contributed by atoms with van der Waals surface area (Å²) in [5.41, 5.74) is 0. The number of rotatable bonds is 2. The van der Waals surface area contributed by atoms with E-state index in [1.165, 1.54) is 19.3 Å². The predicted octanol–water partition coefficient (Wildman–Crippen LogP) is 1.44. The predicted molar refractivity (Wildman–Crippen MR) is 65.4 cm³/mol. The zero-order valence-corrected chi connectivity index (χ0v) is 10.7. The van der Waals surface area contributed by atoms with Gasteiger partial charge in [-0.15, -0.1) is 0 Å². The Morgan fingerprint density at radius 3 is 2.47 bits per heavy atom.